The molecule has 0 heterocycles. The van der Waals surface area contributed by atoms with E-state index in [2.05, 4.69) is 11.9 Å². The van der Waals surface area contributed by atoms with E-state index in [1.165, 1.54) is 12.1 Å². The van der Waals surface area contributed by atoms with Crippen molar-refractivity contribution in [2.45, 2.75) is 12.8 Å². The molecule has 0 fully saturated rings. The van der Waals surface area contributed by atoms with Gasteiger partial charge in [0.15, 0.2) is 0 Å². The maximum Gasteiger partial charge on any atom is 0.251 e. The van der Waals surface area contributed by atoms with Gasteiger partial charge in [-0.25, -0.2) is 4.39 Å². The Kier molecular flexibility index (Phi) is 5.24. The van der Waals surface area contributed by atoms with E-state index in [0.717, 1.165) is 34.7 Å². The molecule has 2 nitrogen and oxygen atoms in total. The number of carbonyl (C=O) groups is 1. The molecule has 3 aromatic carbocycles. The van der Waals surface area contributed by atoms with Crippen LogP contribution in [-0.2, 0) is 0 Å². The predicted octanol–water partition coefficient (Wildman–Crippen LogP) is 5.34. The molecule has 0 radical (unpaired) electrons. The number of hydrogen-bond donors (Lipinski definition) is 1. The van der Waals surface area contributed by atoms with Gasteiger partial charge in [0.2, 0.25) is 0 Å². The van der Waals surface area contributed by atoms with E-state index in [4.69, 9.17) is 0 Å². The van der Waals surface area contributed by atoms with Crippen molar-refractivity contribution in [2.24, 2.45) is 0 Å². The number of carbonyl (C=O) groups excluding carboxylic acids is 1. The largest absolute Gasteiger partial charge is 0.352 e. The Morgan fingerprint density at radius 1 is 1.08 bits per heavy atom. The van der Waals surface area contributed by atoms with Crippen LogP contribution in [0.3, 0.4) is 0 Å². The van der Waals surface area contributed by atoms with Gasteiger partial charge < -0.3 is 5.32 Å². The number of halogens is 1. The van der Waals surface area contributed by atoms with Crippen molar-refractivity contribution in [3.05, 3.63) is 84.7 Å². The highest BCUT2D eigenvalue weighted by Crippen LogP contribution is 2.29. The Hall–Kier alpha value is -2.94. The van der Waals surface area contributed by atoms with Crippen molar-refractivity contribution >= 4 is 16.7 Å². The fraction of sp³-hybridized carbons (Fsp3) is 0.136. The summed E-state index contributed by atoms with van der Waals surface area (Å²) in [6, 6.07) is 18.1. The highest BCUT2D eigenvalue weighted by Gasteiger charge is 2.08. The monoisotopic (exact) mass is 333 g/mol. The smallest absolute Gasteiger partial charge is 0.251 e. The summed E-state index contributed by atoms with van der Waals surface area (Å²) in [5, 5.41) is 4.95. The van der Waals surface area contributed by atoms with Crippen molar-refractivity contribution in [3.8, 4) is 11.1 Å². The van der Waals surface area contributed by atoms with E-state index in [9.17, 15) is 9.18 Å². The lowest BCUT2D eigenvalue weighted by molar-refractivity contribution is 0.0953. The molecule has 25 heavy (non-hydrogen) atoms. The number of allylic oxidation sites excluding steroid dienone is 1. The molecule has 0 spiro atoms. The highest BCUT2D eigenvalue weighted by molar-refractivity contribution is 6.02. The van der Waals surface area contributed by atoms with Crippen LogP contribution in [0.25, 0.3) is 21.9 Å². The van der Waals surface area contributed by atoms with Crippen LogP contribution in [0.2, 0.25) is 0 Å². The third-order valence-corrected chi connectivity index (χ3v) is 4.17. The maximum absolute atomic E-state index is 13.2. The molecule has 0 unspecified atom stereocenters. The Bertz CT molecular complexity index is 900. The number of rotatable bonds is 6. The minimum absolute atomic E-state index is 0.0712. The maximum atomic E-state index is 13.2. The van der Waals surface area contributed by atoms with E-state index in [0.29, 0.717) is 12.1 Å². The van der Waals surface area contributed by atoms with Gasteiger partial charge in [-0.3, -0.25) is 4.79 Å². The molecule has 0 saturated carbocycles. The van der Waals surface area contributed by atoms with Crippen LogP contribution in [0.15, 0.2) is 73.3 Å². The zero-order chi connectivity index (χ0) is 17.6. The fourth-order valence-electron chi connectivity index (χ4n) is 2.86. The third kappa shape index (κ3) is 3.94. The van der Waals surface area contributed by atoms with E-state index in [1.807, 2.05) is 42.5 Å². The molecule has 0 atom stereocenters. The summed E-state index contributed by atoms with van der Waals surface area (Å²) < 4.78 is 13.2. The van der Waals surface area contributed by atoms with Gasteiger partial charge >= 0.3 is 0 Å². The predicted molar refractivity (Wildman–Crippen MR) is 101 cm³/mol. The summed E-state index contributed by atoms with van der Waals surface area (Å²) in [7, 11) is 0. The zero-order valence-electron chi connectivity index (χ0n) is 14.0. The second-order valence-electron chi connectivity index (χ2n) is 5.94. The molecule has 3 rings (SSSR count). The van der Waals surface area contributed by atoms with Crippen molar-refractivity contribution in [2.75, 3.05) is 6.54 Å². The lowest BCUT2D eigenvalue weighted by atomic mass is 9.97. The van der Waals surface area contributed by atoms with E-state index in [1.54, 1.807) is 12.1 Å². The Morgan fingerprint density at radius 3 is 2.64 bits per heavy atom. The number of unbranched alkanes of at least 4 members (excludes halogenated alkanes) is 1. The first kappa shape index (κ1) is 16.9. The van der Waals surface area contributed by atoms with Crippen LogP contribution in [0.5, 0.6) is 0 Å². The summed E-state index contributed by atoms with van der Waals surface area (Å²) in [6.07, 6.45) is 3.62. The van der Waals surface area contributed by atoms with Gasteiger partial charge in [0.05, 0.1) is 0 Å². The highest BCUT2D eigenvalue weighted by atomic mass is 19.1. The average Bonchev–Trinajstić information content (AvgIpc) is 2.65. The Labute approximate surface area is 147 Å². The fourth-order valence-corrected chi connectivity index (χ4v) is 2.86. The summed E-state index contributed by atoms with van der Waals surface area (Å²) in [4.78, 5) is 12.3. The number of fused-ring (bicyclic) bond motifs is 1. The molecular weight excluding hydrogens is 313 g/mol. The van der Waals surface area contributed by atoms with Crippen molar-refractivity contribution < 1.29 is 9.18 Å². The van der Waals surface area contributed by atoms with Crippen LogP contribution in [0, 0.1) is 5.82 Å². The second kappa shape index (κ2) is 7.75. The van der Waals surface area contributed by atoms with E-state index >= 15 is 0 Å². The third-order valence-electron chi connectivity index (χ3n) is 4.17. The number of benzene rings is 3. The number of amides is 1. The van der Waals surface area contributed by atoms with Crippen molar-refractivity contribution in [1.82, 2.24) is 5.32 Å². The summed E-state index contributed by atoms with van der Waals surface area (Å²) in [5.74, 6) is -0.322. The van der Waals surface area contributed by atoms with Crippen LogP contribution in [0.1, 0.15) is 23.2 Å². The van der Waals surface area contributed by atoms with Crippen LogP contribution in [0.4, 0.5) is 4.39 Å². The SMILES string of the molecule is C=CCCCNC(=O)c1ccc2c(-c3ccc(F)cc3)cccc2c1. The van der Waals surface area contributed by atoms with Crippen LogP contribution in [-0.4, -0.2) is 12.5 Å². The molecule has 0 aliphatic carbocycles. The topological polar surface area (TPSA) is 29.1 Å². The molecule has 0 aliphatic heterocycles. The Balaban J connectivity index is 1.88. The van der Waals surface area contributed by atoms with E-state index in [-0.39, 0.29) is 11.7 Å². The standard InChI is InChI=1S/C22H20FNO/c1-2-3-4-14-24-22(25)18-10-13-21-17(15-18)6-5-7-20(21)16-8-11-19(23)12-9-16/h2,5-13,15H,1,3-4,14H2,(H,24,25). The summed E-state index contributed by atoms with van der Waals surface area (Å²) in [6.45, 7) is 4.31. The van der Waals surface area contributed by atoms with Crippen molar-refractivity contribution in [3.63, 3.8) is 0 Å². The average molecular weight is 333 g/mol. The normalized spacial score (nSPS) is 10.6. The van der Waals surface area contributed by atoms with Gasteiger partial charge in [-0.1, -0.05) is 42.5 Å². The first-order valence-electron chi connectivity index (χ1n) is 8.37. The van der Waals surface area contributed by atoms with Gasteiger partial charge in [-0.15, -0.1) is 6.58 Å². The van der Waals surface area contributed by atoms with Gasteiger partial charge in [-0.2, -0.15) is 0 Å². The molecule has 0 aliphatic rings. The summed E-state index contributed by atoms with van der Waals surface area (Å²) >= 11 is 0. The quantitative estimate of drug-likeness (QED) is 0.479. The summed E-state index contributed by atoms with van der Waals surface area (Å²) in [5.41, 5.74) is 2.62. The molecule has 126 valence electrons. The molecular formula is C22H20FNO. The number of hydrogen-bond acceptors (Lipinski definition) is 1. The minimum atomic E-state index is -0.251. The molecule has 0 bridgehead atoms. The lowest BCUT2D eigenvalue weighted by Gasteiger charge is -2.09. The minimum Gasteiger partial charge on any atom is -0.352 e. The molecule has 3 aromatic rings. The molecule has 1 N–H and O–H groups in total. The lowest BCUT2D eigenvalue weighted by Crippen LogP contribution is -2.24. The molecule has 0 aromatic heterocycles. The Morgan fingerprint density at radius 2 is 1.88 bits per heavy atom. The number of nitrogens with one attached hydrogen (secondary N) is 1. The second-order valence-corrected chi connectivity index (χ2v) is 5.94. The van der Waals surface area contributed by atoms with Crippen LogP contribution < -0.4 is 5.32 Å². The van der Waals surface area contributed by atoms with Crippen molar-refractivity contribution in [1.29, 1.82) is 0 Å². The van der Waals surface area contributed by atoms with E-state index < -0.39 is 0 Å². The van der Waals surface area contributed by atoms with Gasteiger partial charge in [0.25, 0.3) is 5.91 Å². The molecule has 3 heteroatoms. The van der Waals surface area contributed by atoms with Gasteiger partial charge in [0, 0.05) is 12.1 Å². The zero-order valence-corrected chi connectivity index (χ0v) is 14.0. The first-order chi connectivity index (χ1) is 12.2. The van der Waals surface area contributed by atoms with Gasteiger partial charge in [0.1, 0.15) is 5.82 Å². The molecule has 0 saturated heterocycles. The molecule has 1 amide bonds. The van der Waals surface area contributed by atoms with Gasteiger partial charge in [-0.05, 0) is 59.0 Å². The first-order valence-corrected chi connectivity index (χ1v) is 8.37. The van der Waals surface area contributed by atoms with Crippen LogP contribution >= 0.6 is 0 Å².